The van der Waals surface area contributed by atoms with Crippen molar-refractivity contribution in [3.63, 3.8) is 0 Å². The van der Waals surface area contributed by atoms with Gasteiger partial charge in [0.05, 0.1) is 20.7 Å². The van der Waals surface area contributed by atoms with Crippen LogP contribution in [0.4, 0.5) is 0 Å². The number of hydrogen-bond acceptors (Lipinski definition) is 2. The van der Waals surface area contributed by atoms with E-state index in [4.69, 9.17) is 9.94 Å². The van der Waals surface area contributed by atoms with Gasteiger partial charge in [-0.25, -0.2) is 4.84 Å². The highest BCUT2D eigenvalue weighted by molar-refractivity contribution is 4.21. The molecule has 0 saturated heterocycles. The molecule has 0 aromatic carbocycles. The van der Waals surface area contributed by atoms with Crippen LogP contribution < -0.4 is 0 Å². The minimum absolute atomic E-state index is 0.103. The van der Waals surface area contributed by atoms with Gasteiger partial charge < -0.3 is 5.11 Å². The van der Waals surface area contributed by atoms with Crippen molar-refractivity contribution in [1.82, 2.24) is 0 Å². The zero-order chi connectivity index (χ0) is 8.04. The lowest BCUT2D eigenvalue weighted by Crippen LogP contribution is -2.40. The summed E-state index contributed by atoms with van der Waals surface area (Å²) >= 11 is 0. The van der Waals surface area contributed by atoms with E-state index in [0.717, 1.165) is 13.0 Å². The Morgan fingerprint density at radius 3 is 2.40 bits per heavy atom. The van der Waals surface area contributed by atoms with Gasteiger partial charge in [-0.05, 0) is 6.42 Å². The first-order valence-electron chi connectivity index (χ1n) is 3.71. The lowest BCUT2D eigenvalue weighted by molar-refractivity contribution is -1.08. The largest absolute Gasteiger partial charge is 0.394 e. The van der Waals surface area contributed by atoms with Gasteiger partial charge in [0.25, 0.3) is 0 Å². The Morgan fingerprint density at radius 2 is 2.00 bits per heavy atom. The van der Waals surface area contributed by atoms with Crippen LogP contribution >= 0.6 is 0 Å². The van der Waals surface area contributed by atoms with E-state index in [9.17, 15) is 0 Å². The van der Waals surface area contributed by atoms with Crippen LogP contribution in [0.3, 0.4) is 0 Å². The summed E-state index contributed by atoms with van der Waals surface area (Å²) < 4.78 is 0.539. The third-order valence-corrected chi connectivity index (χ3v) is 1.29. The summed E-state index contributed by atoms with van der Waals surface area (Å²) in [5.41, 5.74) is 0. The molecule has 0 spiro atoms. The fourth-order valence-corrected chi connectivity index (χ4v) is 0.891. The highest BCUT2D eigenvalue weighted by atomic mass is 16.7. The predicted molar refractivity (Wildman–Crippen MR) is 40.3 cm³/mol. The van der Waals surface area contributed by atoms with Gasteiger partial charge in [-0.3, -0.25) is 0 Å². The zero-order valence-electron chi connectivity index (χ0n) is 7.13. The monoisotopic (exact) mass is 148 g/mol. The molecule has 10 heavy (non-hydrogen) atoms. The second kappa shape index (κ2) is 4.66. The molecule has 3 heteroatoms. The highest BCUT2D eigenvalue weighted by Gasteiger charge is 2.13. The number of aliphatic hydroxyl groups excluding tert-OH is 1. The summed E-state index contributed by atoms with van der Waals surface area (Å²) in [5.74, 6) is 0. The van der Waals surface area contributed by atoms with E-state index in [1.807, 2.05) is 14.1 Å². The van der Waals surface area contributed by atoms with E-state index in [1.165, 1.54) is 0 Å². The zero-order valence-corrected chi connectivity index (χ0v) is 7.13. The fourth-order valence-electron chi connectivity index (χ4n) is 0.891. The van der Waals surface area contributed by atoms with Crippen molar-refractivity contribution in [3.05, 3.63) is 0 Å². The van der Waals surface area contributed by atoms with Crippen molar-refractivity contribution >= 4 is 0 Å². The third kappa shape index (κ3) is 4.73. The molecule has 0 saturated carbocycles. The van der Waals surface area contributed by atoms with E-state index in [-0.39, 0.29) is 6.61 Å². The molecule has 0 aromatic heterocycles. The molecule has 0 aliphatic heterocycles. The number of quaternary nitrogens is 1. The normalized spacial score (nSPS) is 12.0. The standard InChI is InChI=1S/C7H18NO2/c1-4-5-8(2,3)10-7-6-9/h9H,4-7H2,1-3H3/q+1. The van der Waals surface area contributed by atoms with Crippen molar-refractivity contribution in [2.24, 2.45) is 0 Å². The Labute approximate surface area is 62.8 Å². The predicted octanol–water partition coefficient (Wildman–Crippen LogP) is 0.397. The fraction of sp³-hybridized carbons (Fsp3) is 1.00. The summed E-state index contributed by atoms with van der Waals surface area (Å²) in [7, 11) is 3.97. The molecule has 3 nitrogen and oxygen atoms in total. The lowest BCUT2D eigenvalue weighted by atomic mass is 10.4. The maximum atomic E-state index is 8.46. The van der Waals surface area contributed by atoms with Crippen molar-refractivity contribution in [2.75, 3.05) is 33.9 Å². The van der Waals surface area contributed by atoms with Crippen molar-refractivity contribution in [1.29, 1.82) is 0 Å². The molecular weight excluding hydrogens is 130 g/mol. The maximum Gasteiger partial charge on any atom is 0.129 e. The van der Waals surface area contributed by atoms with E-state index >= 15 is 0 Å². The molecule has 0 atom stereocenters. The Balaban J connectivity index is 3.42. The Kier molecular flexibility index (Phi) is 4.60. The summed E-state index contributed by atoms with van der Waals surface area (Å²) in [5, 5.41) is 8.46. The second-order valence-corrected chi connectivity index (χ2v) is 2.85. The molecule has 0 radical (unpaired) electrons. The third-order valence-electron chi connectivity index (χ3n) is 1.29. The molecule has 1 N–H and O–H groups in total. The van der Waals surface area contributed by atoms with Crippen LogP contribution in [-0.4, -0.2) is 43.6 Å². The van der Waals surface area contributed by atoms with Gasteiger partial charge in [0.2, 0.25) is 0 Å². The number of aliphatic hydroxyl groups is 1. The van der Waals surface area contributed by atoms with Gasteiger partial charge in [0, 0.05) is 0 Å². The van der Waals surface area contributed by atoms with Crippen LogP contribution in [0, 0.1) is 0 Å². The molecule has 0 unspecified atom stereocenters. The van der Waals surface area contributed by atoms with Crippen molar-refractivity contribution in [2.45, 2.75) is 13.3 Å². The summed E-state index contributed by atoms with van der Waals surface area (Å²) in [6.07, 6.45) is 1.10. The minimum atomic E-state index is 0.103. The lowest BCUT2D eigenvalue weighted by Gasteiger charge is -2.25. The Bertz CT molecular complexity index is 83.7. The van der Waals surface area contributed by atoms with Gasteiger partial charge in [0.1, 0.15) is 13.2 Å². The minimum Gasteiger partial charge on any atom is -0.394 e. The van der Waals surface area contributed by atoms with Crippen LogP contribution in [0.2, 0.25) is 0 Å². The second-order valence-electron chi connectivity index (χ2n) is 2.85. The quantitative estimate of drug-likeness (QED) is 0.451. The van der Waals surface area contributed by atoms with Crippen LogP contribution in [0.1, 0.15) is 13.3 Å². The molecule has 0 rings (SSSR count). The first kappa shape index (κ1) is 9.88. The van der Waals surface area contributed by atoms with Gasteiger partial charge in [-0.2, -0.15) is 4.65 Å². The van der Waals surface area contributed by atoms with Crippen LogP contribution in [-0.2, 0) is 4.84 Å². The maximum absolute atomic E-state index is 8.46. The average molecular weight is 148 g/mol. The Morgan fingerprint density at radius 1 is 1.40 bits per heavy atom. The number of hydrogen-bond donors (Lipinski definition) is 1. The number of nitrogens with zero attached hydrogens (tertiary/aromatic N) is 1. The van der Waals surface area contributed by atoms with Gasteiger partial charge in [-0.15, -0.1) is 0 Å². The van der Waals surface area contributed by atoms with Crippen LogP contribution in [0.25, 0.3) is 0 Å². The van der Waals surface area contributed by atoms with Gasteiger partial charge in [-0.1, -0.05) is 6.92 Å². The van der Waals surface area contributed by atoms with E-state index < -0.39 is 0 Å². The first-order chi connectivity index (χ1) is 4.62. The summed E-state index contributed by atoms with van der Waals surface area (Å²) in [6, 6.07) is 0. The van der Waals surface area contributed by atoms with Crippen LogP contribution in [0.5, 0.6) is 0 Å². The highest BCUT2D eigenvalue weighted by Crippen LogP contribution is 1.99. The molecule has 0 fully saturated rings. The van der Waals surface area contributed by atoms with Crippen LogP contribution in [0.15, 0.2) is 0 Å². The van der Waals surface area contributed by atoms with Crippen molar-refractivity contribution < 1.29 is 14.6 Å². The SMILES string of the molecule is CCC[N+](C)(C)OCCO. The first-order valence-corrected chi connectivity index (χ1v) is 3.71. The summed E-state index contributed by atoms with van der Waals surface area (Å²) in [4.78, 5) is 5.31. The average Bonchev–Trinajstić information content (AvgIpc) is 1.84. The van der Waals surface area contributed by atoms with E-state index in [1.54, 1.807) is 0 Å². The molecule has 0 aromatic rings. The van der Waals surface area contributed by atoms with Crippen molar-refractivity contribution in [3.8, 4) is 0 Å². The molecule has 0 bridgehead atoms. The van der Waals surface area contributed by atoms with Gasteiger partial charge in [0.15, 0.2) is 0 Å². The molecular formula is C7H18NO2+. The summed E-state index contributed by atoms with van der Waals surface area (Å²) in [6.45, 7) is 3.63. The molecule has 0 heterocycles. The molecule has 0 aliphatic carbocycles. The number of hydroxylamine groups is 3. The molecule has 0 aliphatic rings. The van der Waals surface area contributed by atoms with E-state index in [0.29, 0.717) is 11.3 Å². The molecule has 0 amide bonds. The van der Waals surface area contributed by atoms with E-state index in [2.05, 4.69) is 6.92 Å². The topological polar surface area (TPSA) is 29.5 Å². The molecule has 62 valence electrons. The number of rotatable bonds is 5. The Hall–Kier alpha value is -0.120. The van der Waals surface area contributed by atoms with Gasteiger partial charge >= 0.3 is 0 Å². The smallest absolute Gasteiger partial charge is 0.129 e.